The van der Waals surface area contributed by atoms with Crippen LogP contribution in [0.2, 0.25) is 0 Å². The highest BCUT2D eigenvalue weighted by atomic mass is 19.3. The molecule has 1 aliphatic rings. The van der Waals surface area contributed by atoms with Gasteiger partial charge in [-0.1, -0.05) is 36.4 Å². The fraction of sp³-hybridized carbons (Fsp3) is 0.120. The van der Waals surface area contributed by atoms with Gasteiger partial charge in [0.2, 0.25) is 0 Å². The Morgan fingerprint density at radius 3 is 1.58 bits per heavy atom. The topological polar surface area (TPSA) is 83.8 Å². The molecule has 0 fully saturated rings. The van der Waals surface area contributed by atoms with Gasteiger partial charge in [-0.05, 0) is 47.5 Å². The van der Waals surface area contributed by atoms with Crippen LogP contribution in [-0.2, 0) is 0 Å². The predicted molar refractivity (Wildman–Crippen MR) is 115 cm³/mol. The van der Waals surface area contributed by atoms with E-state index in [1.807, 2.05) is 0 Å². The molecular formula is C25H14F6O5. The number of alkyl halides is 6. The Hall–Kier alpha value is -4.28. The van der Waals surface area contributed by atoms with Gasteiger partial charge in [-0.2, -0.15) is 26.3 Å². The van der Waals surface area contributed by atoms with Crippen molar-refractivity contribution in [1.82, 2.24) is 0 Å². The highest BCUT2D eigenvalue weighted by Gasteiger charge is 2.80. The van der Waals surface area contributed by atoms with Gasteiger partial charge in [-0.15, -0.1) is 0 Å². The van der Waals surface area contributed by atoms with Crippen LogP contribution in [-0.4, -0.2) is 39.9 Å². The van der Waals surface area contributed by atoms with E-state index in [1.165, 1.54) is 18.2 Å². The second kappa shape index (κ2) is 8.43. The number of rotatable bonds is 5. The molecule has 0 aromatic heterocycles. The minimum Gasteiger partial charge on any atom is -0.508 e. The number of carboxylic acid groups (broad SMARTS) is 1. The van der Waals surface area contributed by atoms with Crippen LogP contribution in [0, 0.1) is 0 Å². The van der Waals surface area contributed by atoms with E-state index < -0.39 is 57.7 Å². The largest absolute Gasteiger partial charge is 0.508 e. The summed E-state index contributed by atoms with van der Waals surface area (Å²) in [5.74, 6) is -19.5. The third-order valence-electron chi connectivity index (χ3n) is 5.55. The van der Waals surface area contributed by atoms with Gasteiger partial charge in [0.05, 0.1) is 11.1 Å². The Morgan fingerprint density at radius 2 is 1.11 bits per heavy atom. The zero-order chi connectivity index (χ0) is 26.5. The summed E-state index contributed by atoms with van der Waals surface area (Å²) in [7, 11) is 0. The number of carbonyl (C=O) groups excluding carboxylic acids is 1. The number of allylic oxidation sites excluding steroid dienone is 2. The maximum absolute atomic E-state index is 14.8. The summed E-state index contributed by atoms with van der Waals surface area (Å²) in [4.78, 5) is 23.7. The van der Waals surface area contributed by atoms with Gasteiger partial charge in [0.1, 0.15) is 11.5 Å². The van der Waals surface area contributed by atoms with E-state index in [0.29, 0.717) is 0 Å². The lowest BCUT2D eigenvalue weighted by Crippen LogP contribution is -2.48. The molecule has 4 rings (SSSR count). The molecule has 36 heavy (non-hydrogen) atoms. The molecule has 0 radical (unpaired) electrons. The first-order valence-corrected chi connectivity index (χ1v) is 10.1. The molecule has 0 aliphatic heterocycles. The van der Waals surface area contributed by atoms with Crippen molar-refractivity contribution in [3.8, 4) is 11.5 Å². The Balaban J connectivity index is 1.76. The molecule has 0 saturated carbocycles. The second-order valence-corrected chi connectivity index (χ2v) is 7.78. The summed E-state index contributed by atoms with van der Waals surface area (Å²) in [6.45, 7) is 0. The minimum absolute atomic E-state index is 0.282. The molecule has 0 amide bonds. The first-order valence-electron chi connectivity index (χ1n) is 10.1. The minimum atomic E-state index is -5.76. The molecule has 0 atom stereocenters. The molecule has 0 heterocycles. The molecule has 3 aromatic rings. The summed E-state index contributed by atoms with van der Waals surface area (Å²) >= 11 is 0. The predicted octanol–water partition coefficient (Wildman–Crippen LogP) is 6.14. The zero-order valence-corrected chi connectivity index (χ0v) is 17.8. The number of ether oxygens (including phenoxy) is 1. The maximum Gasteiger partial charge on any atom is 0.380 e. The molecule has 186 valence electrons. The average molecular weight is 508 g/mol. The smallest absolute Gasteiger partial charge is 0.380 e. The van der Waals surface area contributed by atoms with E-state index >= 15 is 0 Å². The third-order valence-corrected chi connectivity index (χ3v) is 5.55. The van der Waals surface area contributed by atoms with E-state index in [1.54, 1.807) is 0 Å². The molecule has 11 heteroatoms. The number of phenolic OH excluding ortho intramolecular Hbond substituents is 1. The van der Waals surface area contributed by atoms with Crippen molar-refractivity contribution in [3.63, 3.8) is 0 Å². The van der Waals surface area contributed by atoms with E-state index in [2.05, 4.69) is 0 Å². The van der Waals surface area contributed by atoms with Crippen molar-refractivity contribution in [2.75, 3.05) is 0 Å². The summed E-state index contributed by atoms with van der Waals surface area (Å²) in [6, 6.07) is 11.9. The fourth-order valence-corrected chi connectivity index (χ4v) is 3.80. The van der Waals surface area contributed by atoms with Crippen molar-refractivity contribution in [2.45, 2.75) is 17.8 Å². The summed E-state index contributed by atoms with van der Waals surface area (Å²) < 4.78 is 92.5. The molecule has 1 aliphatic carbocycles. The summed E-state index contributed by atoms with van der Waals surface area (Å²) in [5, 5.41) is 18.6. The van der Waals surface area contributed by atoms with Crippen LogP contribution in [0.25, 0.3) is 11.1 Å². The molecule has 2 N–H and O–H groups in total. The summed E-state index contributed by atoms with van der Waals surface area (Å²) in [5.41, 5.74) is -5.25. The maximum atomic E-state index is 14.8. The van der Waals surface area contributed by atoms with Crippen molar-refractivity contribution in [3.05, 3.63) is 95.1 Å². The number of carboxylic acids is 1. The monoisotopic (exact) mass is 508 g/mol. The number of phenols is 1. The quantitative estimate of drug-likeness (QED) is 0.246. The number of hydrogen-bond donors (Lipinski definition) is 2. The Labute approximate surface area is 198 Å². The standard InChI is InChI=1S/C25H14F6O5/c26-23(27)19(13-5-9-15(32)10-6-13)20(24(28,29)25(23,30)31)14-7-11-16(12-8-14)36-22(35)18-4-2-1-3-17(18)21(33)34/h1-12,32H,(H,33,34). The van der Waals surface area contributed by atoms with E-state index in [0.717, 1.165) is 54.6 Å². The van der Waals surface area contributed by atoms with Crippen LogP contribution in [0.4, 0.5) is 26.3 Å². The Bertz CT molecular complexity index is 1380. The van der Waals surface area contributed by atoms with Crippen molar-refractivity contribution >= 4 is 23.1 Å². The van der Waals surface area contributed by atoms with Gasteiger partial charge in [-0.25, -0.2) is 9.59 Å². The Morgan fingerprint density at radius 1 is 0.667 bits per heavy atom. The van der Waals surface area contributed by atoms with Crippen LogP contribution in [0.15, 0.2) is 72.8 Å². The van der Waals surface area contributed by atoms with Gasteiger partial charge >= 0.3 is 29.7 Å². The summed E-state index contributed by atoms with van der Waals surface area (Å²) in [6.07, 6.45) is 0. The van der Waals surface area contributed by atoms with Gasteiger partial charge in [0, 0.05) is 11.1 Å². The zero-order valence-electron chi connectivity index (χ0n) is 17.8. The number of aromatic carboxylic acids is 1. The molecule has 0 unspecified atom stereocenters. The van der Waals surface area contributed by atoms with Crippen LogP contribution in [0.5, 0.6) is 11.5 Å². The number of hydrogen-bond acceptors (Lipinski definition) is 4. The number of benzene rings is 3. The van der Waals surface area contributed by atoms with Gasteiger partial charge in [-0.3, -0.25) is 0 Å². The molecule has 0 bridgehead atoms. The number of halogens is 6. The number of carbonyl (C=O) groups is 2. The SMILES string of the molecule is O=C(O)c1ccccc1C(=O)Oc1ccc(C2=C(c3ccc(O)cc3)C(F)(F)C(F)(F)C2(F)F)cc1. The fourth-order valence-electron chi connectivity index (χ4n) is 3.80. The van der Waals surface area contributed by atoms with E-state index in [9.17, 15) is 46.1 Å². The van der Waals surface area contributed by atoms with Crippen LogP contribution >= 0.6 is 0 Å². The van der Waals surface area contributed by atoms with Gasteiger partial charge in [0.15, 0.2) is 0 Å². The van der Waals surface area contributed by atoms with Crippen LogP contribution in [0.3, 0.4) is 0 Å². The third kappa shape index (κ3) is 3.76. The van der Waals surface area contributed by atoms with Crippen LogP contribution in [0.1, 0.15) is 31.8 Å². The van der Waals surface area contributed by atoms with Crippen LogP contribution < -0.4 is 4.74 Å². The highest BCUT2D eigenvalue weighted by molar-refractivity contribution is 6.03. The molecule has 0 saturated heterocycles. The first kappa shape index (κ1) is 24.8. The van der Waals surface area contributed by atoms with Crippen molar-refractivity contribution in [1.29, 1.82) is 0 Å². The second-order valence-electron chi connectivity index (χ2n) is 7.78. The van der Waals surface area contributed by atoms with Gasteiger partial charge < -0.3 is 14.9 Å². The normalized spacial score (nSPS) is 17.6. The molecule has 0 spiro atoms. The lowest BCUT2D eigenvalue weighted by atomic mass is 9.95. The Kier molecular flexibility index (Phi) is 5.82. The van der Waals surface area contributed by atoms with E-state index in [4.69, 9.17) is 4.74 Å². The lowest BCUT2D eigenvalue weighted by molar-refractivity contribution is -0.254. The first-order chi connectivity index (χ1) is 16.8. The average Bonchev–Trinajstić information content (AvgIpc) is 2.93. The van der Waals surface area contributed by atoms with E-state index in [-0.39, 0.29) is 16.9 Å². The molecule has 3 aromatic carbocycles. The van der Waals surface area contributed by atoms with Gasteiger partial charge in [0.25, 0.3) is 0 Å². The highest BCUT2D eigenvalue weighted by Crippen LogP contribution is 2.64. The van der Waals surface area contributed by atoms with Crippen molar-refractivity contribution in [2.24, 2.45) is 0 Å². The molecular weight excluding hydrogens is 494 g/mol. The number of esters is 1. The molecule has 5 nitrogen and oxygen atoms in total. The lowest BCUT2D eigenvalue weighted by Gasteiger charge is -2.25. The number of aromatic hydroxyl groups is 1. The van der Waals surface area contributed by atoms with Crippen molar-refractivity contribution < 1.29 is 50.9 Å².